The van der Waals surface area contributed by atoms with E-state index in [9.17, 15) is 4.79 Å². The first kappa shape index (κ1) is 18.0. The lowest BCUT2D eigenvalue weighted by atomic mass is 9.84. The SMILES string of the molecule is Cc1c(N2CCc3ncc(C(=O)N4CC(C)(C)C4)cc3C2)nn2cnnc2c1C. The van der Waals surface area contributed by atoms with E-state index in [1.165, 1.54) is 0 Å². The number of likely N-dealkylation sites (tertiary alicyclic amines) is 1. The summed E-state index contributed by atoms with van der Waals surface area (Å²) in [4.78, 5) is 21.6. The Balaban J connectivity index is 1.43. The Hall–Kier alpha value is -3.03. The molecule has 0 atom stereocenters. The molecule has 0 unspecified atom stereocenters. The molecule has 1 fully saturated rings. The molecule has 0 spiro atoms. The monoisotopic (exact) mass is 391 g/mol. The van der Waals surface area contributed by atoms with Gasteiger partial charge in [-0.1, -0.05) is 13.8 Å². The Bertz CT molecular complexity index is 1130. The lowest BCUT2D eigenvalue weighted by molar-refractivity contribution is 0.0235. The van der Waals surface area contributed by atoms with Crippen molar-refractivity contribution in [2.24, 2.45) is 5.41 Å². The minimum atomic E-state index is 0.0767. The Labute approximate surface area is 169 Å². The van der Waals surface area contributed by atoms with Crippen LogP contribution in [-0.4, -0.2) is 55.2 Å². The molecule has 29 heavy (non-hydrogen) atoms. The zero-order chi connectivity index (χ0) is 20.3. The van der Waals surface area contributed by atoms with Gasteiger partial charge in [0.2, 0.25) is 0 Å². The molecule has 0 radical (unpaired) electrons. The van der Waals surface area contributed by atoms with E-state index in [0.717, 1.165) is 59.9 Å². The van der Waals surface area contributed by atoms with E-state index in [4.69, 9.17) is 5.10 Å². The first-order chi connectivity index (χ1) is 13.8. The molecule has 3 aromatic rings. The third-order valence-corrected chi connectivity index (χ3v) is 6.08. The highest BCUT2D eigenvalue weighted by atomic mass is 16.2. The summed E-state index contributed by atoms with van der Waals surface area (Å²) in [7, 11) is 0. The van der Waals surface area contributed by atoms with E-state index >= 15 is 0 Å². The molecule has 0 aliphatic carbocycles. The lowest BCUT2D eigenvalue weighted by Crippen LogP contribution is -2.55. The van der Waals surface area contributed by atoms with Gasteiger partial charge in [-0.05, 0) is 30.9 Å². The fraction of sp³-hybridized carbons (Fsp3) is 0.476. The number of aryl methyl sites for hydroxylation is 1. The van der Waals surface area contributed by atoms with Crippen molar-refractivity contribution in [3.8, 4) is 0 Å². The van der Waals surface area contributed by atoms with Gasteiger partial charge in [0, 0.05) is 55.6 Å². The van der Waals surface area contributed by atoms with Gasteiger partial charge in [-0.3, -0.25) is 9.78 Å². The summed E-state index contributed by atoms with van der Waals surface area (Å²) < 4.78 is 1.73. The summed E-state index contributed by atoms with van der Waals surface area (Å²) in [5, 5.41) is 12.9. The predicted molar refractivity (Wildman–Crippen MR) is 109 cm³/mol. The van der Waals surface area contributed by atoms with Crippen LogP contribution in [0.2, 0.25) is 0 Å². The van der Waals surface area contributed by atoms with Crippen LogP contribution in [-0.2, 0) is 13.0 Å². The van der Waals surface area contributed by atoms with Gasteiger partial charge < -0.3 is 9.80 Å². The predicted octanol–water partition coefficient (Wildman–Crippen LogP) is 2.18. The minimum absolute atomic E-state index is 0.0767. The van der Waals surface area contributed by atoms with E-state index in [0.29, 0.717) is 12.1 Å². The van der Waals surface area contributed by atoms with Crippen molar-refractivity contribution in [3.63, 3.8) is 0 Å². The third kappa shape index (κ3) is 2.94. The van der Waals surface area contributed by atoms with E-state index in [-0.39, 0.29) is 11.3 Å². The number of hydrogen-bond acceptors (Lipinski definition) is 6. The molecular formula is C21H25N7O. The van der Waals surface area contributed by atoms with Crippen LogP contribution in [0.1, 0.15) is 46.6 Å². The number of aromatic nitrogens is 5. The van der Waals surface area contributed by atoms with Gasteiger partial charge in [0.05, 0.1) is 5.56 Å². The number of carbonyl (C=O) groups is 1. The summed E-state index contributed by atoms with van der Waals surface area (Å²) in [6.07, 6.45) is 4.20. The number of nitrogens with zero attached hydrogens (tertiary/aromatic N) is 7. The van der Waals surface area contributed by atoms with Crippen LogP contribution >= 0.6 is 0 Å². The standard InChI is InChI=1S/C21H25N7O/c1-13-14(2)19(25-28-12-23-24-18(13)28)26-6-5-17-16(9-26)7-15(8-22-17)20(29)27-10-21(3,4)11-27/h7-8,12H,5-6,9-11H2,1-4H3. The van der Waals surface area contributed by atoms with E-state index < -0.39 is 0 Å². The highest BCUT2D eigenvalue weighted by Crippen LogP contribution is 2.31. The zero-order valence-corrected chi connectivity index (χ0v) is 17.3. The summed E-state index contributed by atoms with van der Waals surface area (Å²) in [6.45, 7) is 11.6. The summed E-state index contributed by atoms with van der Waals surface area (Å²) >= 11 is 0. The fourth-order valence-corrected chi connectivity index (χ4v) is 4.40. The van der Waals surface area contributed by atoms with E-state index in [2.05, 4.69) is 47.8 Å². The Kier molecular flexibility index (Phi) is 3.88. The van der Waals surface area contributed by atoms with E-state index in [1.807, 2.05) is 11.0 Å². The number of fused-ring (bicyclic) bond motifs is 2. The van der Waals surface area contributed by atoms with Gasteiger partial charge in [0.1, 0.15) is 6.33 Å². The first-order valence-electron chi connectivity index (χ1n) is 10.0. The molecular weight excluding hydrogens is 366 g/mol. The summed E-state index contributed by atoms with van der Waals surface area (Å²) in [6, 6.07) is 2.02. The molecule has 2 aliphatic rings. The molecule has 5 heterocycles. The topological polar surface area (TPSA) is 79.5 Å². The number of pyridine rings is 1. The molecule has 0 bridgehead atoms. The van der Waals surface area contributed by atoms with Crippen LogP contribution < -0.4 is 4.90 Å². The maximum Gasteiger partial charge on any atom is 0.255 e. The van der Waals surface area contributed by atoms with Crippen molar-refractivity contribution in [3.05, 3.63) is 46.5 Å². The largest absolute Gasteiger partial charge is 0.350 e. The average molecular weight is 391 g/mol. The van der Waals surface area contributed by atoms with Crippen LogP contribution in [0, 0.1) is 19.3 Å². The highest BCUT2D eigenvalue weighted by molar-refractivity contribution is 5.94. The van der Waals surface area contributed by atoms with Crippen molar-refractivity contribution < 1.29 is 4.79 Å². The smallest absolute Gasteiger partial charge is 0.255 e. The van der Waals surface area contributed by atoms with Crippen molar-refractivity contribution in [2.45, 2.75) is 40.7 Å². The molecule has 1 amide bonds. The van der Waals surface area contributed by atoms with Crippen LogP contribution in [0.25, 0.3) is 5.65 Å². The molecule has 1 saturated heterocycles. The Morgan fingerprint density at radius 1 is 1.17 bits per heavy atom. The van der Waals surface area contributed by atoms with Crippen molar-refractivity contribution in [1.82, 2.24) is 29.7 Å². The van der Waals surface area contributed by atoms with Gasteiger partial charge in [-0.25, -0.2) is 0 Å². The average Bonchev–Trinajstić information content (AvgIpc) is 3.16. The molecule has 2 aliphatic heterocycles. The van der Waals surface area contributed by atoms with E-state index in [1.54, 1.807) is 17.0 Å². The maximum atomic E-state index is 12.8. The van der Waals surface area contributed by atoms with Gasteiger partial charge in [0.15, 0.2) is 11.5 Å². The molecule has 8 heteroatoms. The van der Waals surface area contributed by atoms with Crippen molar-refractivity contribution >= 4 is 17.4 Å². The van der Waals surface area contributed by atoms with Crippen molar-refractivity contribution in [2.75, 3.05) is 24.5 Å². The second-order valence-electron chi connectivity index (χ2n) is 9.00. The van der Waals surface area contributed by atoms with Gasteiger partial charge in [-0.15, -0.1) is 15.3 Å². The minimum Gasteiger partial charge on any atom is -0.350 e. The highest BCUT2D eigenvalue weighted by Gasteiger charge is 2.37. The van der Waals surface area contributed by atoms with Crippen LogP contribution in [0.4, 0.5) is 5.82 Å². The molecule has 0 saturated carbocycles. The normalized spacial score (nSPS) is 17.9. The molecule has 0 aromatic carbocycles. The Morgan fingerprint density at radius 3 is 2.72 bits per heavy atom. The number of rotatable bonds is 2. The van der Waals surface area contributed by atoms with Gasteiger partial charge in [0.25, 0.3) is 5.91 Å². The van der Waals surface area contributed by atoms with Crippen LogP contribution in [0.5, 0.6) is 0 Å². The second kappa shape index (κ2) is 6.23. The maximum absolute atomic E-state index is 12.8. The molecule has 5 rings (SSSR count). The molecule has 150 valence electrons. The van der Waals surface area contributed by atoms with Gasteiger partial charge in [-0.2, -0.15) is 4.52 Å². The van der Waals surface area contributed by atoms with Crippen LogP contribution in [0.3, 0.4) is 0 Å². The lowest BCUT2D eigenvalue weighted by Gasteiger charge is -2.45. The quantitative estimate of drug-likeness (QED) is 0.666. The van der Waals surface area contributed by atoms with Gasteiger partial charge >= 0.3 is 0 Å². The molecule has 0 N–H and O–H groups in total. The van der Waals surface area contributed by atoms with Crippen molar-refractivity contribution in [1.29, 1.82) is 0 Å². The summed E-state index contributed by atoms with van der Waals surface area (Å²) in [5.41, 5.74) is 6.05. The fourth-order valence-electron chi connectivity index (χ4n) is 4.40. The van der Waals surface area contributed by atoms with Crippen LogP contribution in [0.15, 0.2) is 18.6 Å². The number of amides is 1. The Morgan fingerprint density at radius 2 is 1.97 bits per heavy atom. The molecule has 8 nitrogen and oxygen atoms in total. The number of hydrogen-bond donors (Lipinski definition) is 0. The summed E-state index contributed by atoms with van der Waals surface area (Å²) in [5.74, 6) is 1.01. The number of carbonyl (C=O) groups excluding carboxylic acids is 1. The molecule has 3 aromatic heterocycles. The second-order valence-corrected chi connectivity index (χ2v) is 9.00. The number of anilines is 1. The third-order valence-electron chi connectivity index (χ3n) is 6.08. The zero-order valence-electron chi connectivity index (χ0n) is 17.3. The first-order valence-corrected chi connectivity index (χ1v) is 10.0.